The third-order valence-electron chi connectivity index (χ3n) is 2.60. The van der Waals surface area contributed by atoms with E-state index in [0.717, 1.165) is 28.3 Å². The third-order valence-corrected chi connectivity index (χ3v) is 2.60. The zero-order valence-corrected chi connectivity index (χ0v) is 8.53. The fraction of sp³-hybridized carbons (Fsp3) is 0.167. The number of aromatic nitrogens is 1. The topological polar surface area (TPSA) is 56.0 Å². The number of fused-ring (bicyclic) bond motifs is 1. The number of pyridine rings is 1. The summed E-state index contributed by atoms with van der Waals surface area (Å²) in [5, 5.41) is 1.06. The molecule has 0 radical (unpaired) electrons. The molecular formula is C12H12N2O. The highest BCUT2D eigenvalue weighted by molar-refractivity contribution is 5.86. The number of anilines is 1. The maximum absolute atomic E-state index is 10.5. The second kappa shape index (κ2) is 3.69. The Bertz CT molecular complexity index is 520. The number of hydrogen-bond acceptors (Lipinski definition) is 3. The molecule has 0 aliphatic carbocycles. The molecule has 3 heteroatoms. The molecule has 15 heavy (non-hydrogen) atoms. The van der Waals surface area contributed by atoms with Crippen molar-refractivity contribution in [3.05, 3.63) is 35.4 Å². The summed E-state index contributed by atoms with van der Waals surface area (Å²) in [4.78, 5) is 14.8. The predicted octanol–water partition coefficient (Wildman–Crippen LogP) is 1.87. The number of carbonyl (C=O) groups is 1. The highest BCUT2D eigenvalue weighted by Crippen LogP contribution is 2.23. The van der Waals surface area contributed by atoms with Crippen molar-refractivity contribution in [2.75, 3.05) is 5.73 Å². The number of benzene rings is 1. The van der Waals surface area contributed by atoms with Crippen LogP contribution in [0.1, 0.15) is 11.1 Å². The van der Waals surface area contributed by atoms with Crippen molar-refractivity contribution in [3.8, 4) is 0 Å². The molecule has 0 saturated carbocycles. The number of carbonyl (C=O) groups excluding carboxylic acids is 1. The van der Waals surface area contributed by atoms with Gasteiger partial charge in [0.1, 0.15) is 12.1 Å². The predicted molar refractivity (Wildman–Crippen MR) is 60.7 cm³/mol. The molecule has 3 nitrogen and oxygen atoms in total. The van der Waals surface area contributed by atoms with Gasteiger partial charge in [-0.05, 0) is 18.6 Å². The van der Waals surface area contributed by atoms with Gasteiger partial charge >= 0.3 is 0 Å². The van der Waals surface area contributed by atoms with Crippen LogP contribution in [0.4, 0.5) is 5.82 Å². The standard InChI is InChI=1S/C12H12N2O/c1-8-9-4-2-3-5-11(9)14-12(13)10(8)6-7-15/h2-5,7H,6H2,1H3,(H2,13,14). The normalized spacial score (nSPS) is 10.5. The van der Waals surface area contributed by atoms with Crippen LogP contribution in [0.15, 0.2) is 24.3 Å². The molecule has 1 aromatic carbocycles. The van der Waals surface area contributed by atoms with Gasteiger partial charge in [-0.2, -0.15) is 0 Å². The van der Waals surface area contributed by atoms with Gasteiger partial charge in [0.05, 0.1) is 5.52 Å². The molecule has 0 bridgehead atoms. The Morgan fingerprint density at radius 2 is 2.13 bits per heavy atom. The van der Waals surface area contributed by atoms with Gasteiger partial charge in [0.25, 0.3) is 0 Å². The Labute approximate surface area is 87.9 Å². The number of para-hydroxylation sites is 1. The van der Waals surface area contributed by atoms with Crippen molar-refractivity contribution in [3.63, 3.8) is 0 Å². The zero-order chi connectivity index (χ0) is 10.8. The van der Waals surface area contributed by atoms with E-state index >= 15 is 0 Å². The maximum atomic E-state index is 10.5. The second-order valence-corrected chi connectivity index (χ2v) is 3.49. The highest BCUT2D eigenvalue weighted by Gasteiger charge is 2.08. The molecule has 0 atom stereocenters. The largest absolute Gasteiger partial charge is 0.383 e. The van der Waals surface area contributed by atoms with Crippen LogP contribution in [0.2, 0.25) is 0 Å². The number of aldehydes is 1. The zero-order valence-electron chi connectivity index (χ0n) is 8.53. The van der Waals surface area contributed by atoms with Crippen molar-refractivity contribution in [2.24, 2.45) is 0 Å². The van der Waals surface area contributed by atoms with E-state index in [2.05, 4.69) is 4.98 Å². The van der Waals surface area contributed by atoms with Gasteiger partial charge in [-0.15, -0.1) is 0 Å². The minimum Gasteiger partial charge on any atom is -0.383 e. The average Bonchev–Trinajstić information content (AvgIpc) is 2.24. The summed E-state index contributed by atoms with van der Waals surface area (Å²) in [7, 11) is 0. The van der Waals surface area contributed by atoms with Crippen LogP contribution in [0.5, 0.6) is 0 Å². The molecule has 0 saturated heterocycles. The van der Waals surface area contributed by atoms with E-state index in [1.807, 2.05) is 31.2 Å². The van der Waals surface area contributed by atoms with E-state index in [-0.39, 0.29) is 0 Å². The van der Waals surface area contributed by atoms with Gasteiger partial charge in [-0.1, -0.05) is 18.2 Å². The molecule has 0 aliphatic rings. The molecule has 0 unspecified atom stereocenters. The van der Waals surface area contributed by atoms with Crippen molar-refractivity contribution >= 4 is 23.0 Å². The Hall–Kier alpha value is -1.90. The molecule has 0 fully saturated rings. The van der Waals surface area contributed by atoms with E-state index < -0.39 is 0 Å². The fourth-order valence-corrected chi connectivity index (χ4v) is 1.78. The van der Waals surface area contributed by atoms with E-state index in [9.17, 15) is 4.79 Å². The number of nitrogens with two attached hydrogens (primary N) is 1. The molecule has 0 aliphatic heterocycles. The summed E-state index contributed by atoms with van der Waals surface area (Å²) < 4.78 is 0. The van der Waals surface area contributed by atoms with E-state index in [0.29, 0.717) is 12.2 Å². The molecule has 0 amide bonds. The molecule has 76 valence electrons. The Morgan fingerprint density at radius 1 is 1.40 bits per heavy atom. The Morgan fingerprint density at radius 3 is 2.87 bits per heavy atom. The quantitative estimate of drug-likeness (QED) is 0.753. The molecule has 1 aromatic heterocycles. The van der Waals surface area contributed by atoms with Gasteiger partial charge in [0.2, 0.25) is 0 Å². The van der Waals surface area contributed by atoms with Crippen molar-refractivity contribution in [1.29, 1.82) is 0 Å². The minimum absolute atomic E-state index is 0.329. The lowest BCUT2D eigenvalue weighted by Gasteiger charge is -2.09. The van der Waals surface area contributed by atoms with Crippen molar-refractivity contribution < 1.29 is 4.79 Å². The lowest BCUT2D eigenvalue weighted by Crippen LogP contribution is -2.02. The summed E-state index contributed by atoms with van der Waals surface area (Å²) in [6.07, 6.45) is 1.19. The van der Waals surface area contributed by atoms with Crippen LogP contribution in [0.25, 0.3) is 10.9 Å². The summed E-state index contributed by atoms with van der Waals surface area (Å²) >= 11 is 0. The Balaban J connectivity index is 2.77. The van der Waals surface area contributed by atoms with Gasteiger partial charge < -0.3 is 10.5 Å². The summed E-state index contributed by atoms with van der Waals surface area (Å²) in [6.45, 7) is 1.97. The second-order valence-electron chi connectivity index (χ2n) is 3.49. The van der Waals surface area contributed by atoms with Gasteiger partial charge in [0, 0.05) is 17.4 Å². The van der Waals surface area contributed by atoms with Crippen LogP contribution in [0, 0.1) is 6.92 Å². The number of nitrogens with zero attached hydrogens (tertiary/aromatic N) is 1. The fourth-order valence-electron chi connectivity index (χ4n) is 1.78. The van der Waals surface area contributed by atoms with Crippen molar-refractivity contribution in [1.82, 2.24) is 4.98 Å². The molecule has 2 N–H and O–H groups in total. The number of nitrogen functional groups attached to an aromatic ring is 1. The number of rotatable bonds is 2. The van der Waals surface area contributed by atoms with Gasteiger partial charge in [0.15, 0.2) is 0 Å². The lowest BCUT2D eigenvalue weighted by atomic mass is 10.0. The van der Waals surface area contributed by atoms with E-state index in [1.54, 1.807) is 0 Å². The molecule has 1 heterocycles. The third kappa shape index (κ3) is 1.56. The first-order chi connectivity index (χ1) is 7.24. The molecular weight excluding hydrogens is 188 g/mol. The first-order valence-corrected chi connectivity index (χ1v) is 4.81. The van der Waals surface area contributed by atoms with Gasteiger partial charge in [-0.25, -0.2) is 4.98 Å². The van der Waals surface area contributed by atoms with E-state index in [4.69, 9.17) is 5.73 Å². The van der Waals surface area contributed by atoms with Crippen LogP contribution in [0.3, 0.4) is 0 Å². The minimum atomic E-state index is 0.329. The van der Waals surface area contributed by atoms with Crippen LogP contribution in [-0.4, -0.2) is 11.3 Å². The van der Waals surface area contributed by atoms with Crippen molar-refractivity contribution in [2.45, 2.75) is 13.3 Å². The number of hydrogen-bond donors (Lipinski definition) is 1. The maximum Gasteiger partial charge on any atom is 0.128 e. The number of aryl methyl sites for hydroxylation is 1. The Kier molecular flexibility index (Phi) is 2.37. The van der Waals surface area contributed by atoms with Crippen LogP contribution in [-0.2, 0) is 11.2 Å². The first-order valence-electron chi connectivity index (χ1n) is 4.81. The average molecular weight is 200 g/mol. The first kappa shape index (κ1) is 9.65. The van der Waals surface area contributed by atoms with Crippen LogP contribution >= 0.6 is 0 Å². The summed E-state index contributed by atoms with van der Waals surface area (Å²) in [6, 6.07) is 7.79. The lowest BCUT2D eigenvalue weighted by molar-refractivity contribution is -0.107. The summed E-state index contributed by atoms with van der Waals surface area (Å²) in [5.74, 6) is 0.457. The molecule has 2 rings (SSSR count). The van der Waals surface area contributed by atoms with E-state index in [1.165, 1.54) is 0 Å². The molecule has 0 spiro atoms. The smallest absolute Gasteiger partial charge is 0.128 e. The van der Waals surface area contributed by atoms with Crippen LogP contribution < -0.4 is 5.73 Å². The molecule has 2 aromatic rings. The van der Waals surface area contributed by atoms with Gasteiger partial charge in [-0.3, -0.25) is 0 Å². The highest BCUT2D eigenvalue weighted by atomic mass is 16.1. The SMILES string of the molecule is Cc1c(CC=O)c(N)nc2ccccc12. The monoisotopic (exact) mass is 200 g/mol. The summed E-state index contributed by atoms with van der Waals surface area (Å²) in [5.41, 5.74) is 8.56.